The molecule has 3 rings (SSSR count). The van der Waals surface area contributed by atoms with Crippen molar-refractivity contribution in [3.63, 3.8) is 0 Å². The fourth-order valence-corrected chi connectivity index (χ4v) is 2.38. The molecule has 0 atom stereocenters. The van der Waals surface area contributed by atoms with Gasteiger partial charge < -0.3 is 15.0 Å². The molecular formula is C17H16N2O2. The number of aryl methyl sites for hydroxylation is 1. The fraction of sp³-hybridized carbons (Fsp3) is 0.118. The van der Waals surface area contributed by atoms with Crippen LogP contribution in [0.5, 0.6) is 5.75 Å². The van der Waals surface area contributed by atoms with Crippen LogP contribution in [0.2, 0.25) is 0 Å². The molecule has 0 unspecified atom stereocenters. The molecular weight excluding hydrogens is 264 g/mol. The minimum Gasteiger partial charge on any atom is -0.497 e. The Morgan fingerprint density at radius 1 is 1.10 bits per heavy atom. The molecule has 0 fully saturated rings. The van der Waals surface area contributed by atoms with E-state index in [4.69, 9.17) is 15.0 Å². The van der Waals surface area contributed by atoms with E-state index < -0.39 is 0 Å². The topological polar surface area (TPSA) is 61.3 Å². The van der Waals surface area contributed by atoms with Crippen molar-refractivity contribution in [2.24, 2.45) is 0 Å². The van der Waals surface area contributed by atoms with Crippen molar-refractivity contribution in [3.05, 3.63) is 54.1 Å². The van der Waals surface area contributed by atoms with Crippen LogP contribution in [-0.2, 0) is 0 Å². The molecule has 0 amide bonds. The molecule has 0 aliphatic carbocycles. The van der Waals surface area contributed by atoms with E-state index in [-0.39, 0.29) is 0 Å². The van der Waals surface area contributed by atoms with Crippen molar-refractivity contribution < 1.29 is 9.26 Å². The largest absolute Gasteiger partial charge is 0.497 e. The molecule has 21 heavy (non-hydrogen) atoms. The van der Waals surface area contributed by atoms with E-state index in [1.807, 2.05) is 55.5 Å². The molecule has 4 nitrogen and oxygen atoms in total. The van der Waals surface area contributed by atoms with E-state index in [1.54, 1.807) is 7.11 Å². The van der Waals surface area contributed by atoms with Gasteiger partial charge in [0, 0.05) is 5.56 Å². The van der Waals surface area contributed by atoms with E-state index in [2.05, 4.69) is 5.16 Å². The molecule has 0 spiro atoms. The average Bonchev–Trinajstić information content (AvgIpc) is 2.89. The summed E-state index contributed by atoms with van der Waals surface area (Å²) in [6, 6.07) is 15.7. The van der Waals surface area contributed by atoms with E-state index in [0.717, 1.165) is 28.0 Å². The average molecular weight is 280 g/mol. The summed E-state index contributed by atoms with van der Waals surface area (Å²) >= 11 is 0. The van der Waals surface area contributed by atoms with Crippen LogP contribution < -0.4 is 10.5 Å². The summed E-state index contributed by atoms with van der Waals surface area (Å²) in [5, 5.41) is 3.93. The third-order valence-corrected chi connectivity index (χ3v) is 3.46. The van der Waals surface area contributed by atoms with Crippen LogP contribution in [0.15, 0.2) is 53.1 Å². The molecule has 0 aliphatic heterocycles. The van der Waals surface area contributed by atoms with Crippen molar-refractivity contribution >= 4 is 5.82 Å². The number of hydrogen-bond donors (Lipinski definition) is 1. The number of nitrogens with zero attached hydrogens (tertiary/aromatic N) is 1. The van der Waals surface area contributed by atoms with Gasteiger partial charge in [0.05, 0.1) is 12.7 Å². The van der Waals surface area contributed by atoms with E-state index in [9.17, 15) is 0 Å². The highest BCUT2D eigenvalue weighted by Gasteiger charge is 2.19. The highest BCUT2D eigenvalue weighted by Crippen LogP contribution is 2.38. The molecule has 106 valence electrons. The van der Waals surface area contributed by atoms with Crippen LogP contribution in [0.25, 0.3) is 22.5 Å². The lowest BCUT2D eigenvalue weighted by atomic mass is 9.98. The second kappa shape index (κ2) is 5.32. The summed E-state index contributed by atoms with van der Waals surface area (Å²) in [6.45, 7) is 2.04. The lowest BCUT2D eigenvalue weighted by molar-refractivity contribution is 0.413. The highest BCUT2D eigenvalue weighted by molar-refractivity contribution is 5.88. The maximum atomic E-state index is 6.01. The van der Waals surface area contributed by atoms with Gasteiger partial charge in [-0.1, -0.05) is 41.6 Å². The maximum absolute atomic E-state index is 6.01. The molecule has 1 heterocycles. The Hall–Kier alpha value is -2.75. The summed E-state index contributed by atoms with van der Waals surface area (Å²) in [5.74, 6) is 1.81. The number of aromatic nitrogens is 1. The zero-order valence-corrected chi connectivity index (χ0v) is 12.0. The third kappa shape index (κ3) is 2.36. The first kappa shape index (κ1) is 13.2. The van der Waals surface area contributed by atoms with Gasteiger partial charge in [-0.15, -0.1) is 0 Å². The molecule has 0 radical (unpaired) electrons. The van der Waals surface area contributed by atoms with Crippen LogP contribution in [-0.4, -0.2) is 12.3 Å². The molecule has 0 saturated heterocycles. The second-order valence-electron chi connectivity index (χ2n) is 4.82. The van der Waals surface area contributed by atoms with Crippen LogP contribution in [0.3, 0.4) is 0 Å². The number of rotatable bonds is 3. The SMILES string of the molecule is COc1cccc(-c2onc(N)c2-c2ccccc2C)c1. The van der Waals surface area contributed by atoms with E-state index in [1.165, 1.54) is 0 Å². The number of methoxy groups -OCH3 is 1. The molecule has 0 bridgehead atoms. The van der Waals surface area contributed by atoms with Crippen molar-refractivity contribution in [2.45, 2.75) is 6.92 Å². The number of nitrogens with two attached hydrogens (primary N) is 1. The summed E-state index contributed by atoms with van der Waals surface area (Å²) in [5.41, 5.74) is 9.86. The number of anilines is 1. The van der Waals surface area contributed by atoms with Crippen molar-refractivity contribution in [1.29, 1.82) is 0 Å². The summed E-state index contributed by atoms with van der Waals surface area (Å²) in [6.07, 6.45) is 0. The predicted molar refractivity (Wildman–Crippen MR) is 83.1 cm³/mol. The predicted octanol–water partition coefficient (Wildman–Crippen LogP) is 3.91. The standard InChI is InChI=1S/C17H16N2O2/c1-11-6-3-4-9-14(11)15-16(21-19-17(15)18)12-7-5-8-13(10-12)20-2/h3-10H,1-2H3,(H2,18,19). The minimum absolute atomic E-state index is 0.391. The molecule has 2 N–H and O–H groups in total. The first-order chi connectivity index (χ1) is 10.2. The molecule has 1 aromatic heterocycles. The van der Waals surface area contributed by atoms with Gasteiger partial charge in [-0.2, -0.15) is 0 Å². The van der Waals surface area contributed by atoms with Crippen LogP contribution >= 0.6 is 0 Å². The zero-order chi connectivity index (χ0) is 14.8. The highest BCUT2D eigenvalue weighted by atomic mass is 16.5. The Balaban J connectivity index is 2.20. The van der Waals surface area contributed by atoms with Gasteiger partial charge in [-0.25, -0.2) is 0 Å². The zero-order valence-electron chi connectivity index (χ0n) is 12.0. The second-order valence-corrected chi connectivity index (χ2v) is 4.82. The Labute approximate surface area is 123 Å². The number of benzene rings is 2. The van der Waals surface area contributed by atoms with Crippen LogP contribution in [0.1, 0.15) is 5.56 Å². The molecule has 3 aromatic rings. The Morgan fingerprint density at radius 3 is 2.67 bits per heavy atom. The number of hydrogen-bond acceptors (Lipinski definition) is 4. The van der Waals surface area contributed by atoms with E-state index >= 15 is 0 Å². The third-order valence-electron chi connectivity index (χ3n) is 3.46. The van der Waals surface area contributed by atoms with E-state index in [0.29, 0.717) is 11.6 Å². The quantitative estimate of drug-likeness (QED) is 0.790. The first-order valence-electron chi connectivity index (χ1n) is 6.66. The van der Waals surface area contributed by atoms with Gasteiger partial charge in [-0.05, 0) is 30.2 Å². The lowest BCUT2D eigenvalue weighted by Crippen LogP contribution is -1.91. The number of ether oxygens (including phenoxy) is 1. The van der Waals surface area contributed by atoms with Crippen LogP contribution in [0.4, 0.5) is 5.82 Å². The smallest absolute Gasteiger partial charge is 0.177 e. The van der Waals surface area contributed by atoms with Gasteiger partial charge in [0.1, 0.15) is 5.75 Å². The maximum Gasteiger partial charge on any atom is 0.177 e. The molecule has 0 aliphatic rings. The molecule has 2 aromatic carbocycles. The molecule has 0 saturated carbocycles. The van der Waals surface area contributed by atoms with Gasteiger partial charge in [0.2, 0.25) is 0 Å². The fourth-order valence-electron chi connectivity index (χ4n) is 2.38. The Kier molecular flexibility index (Phi) is 3.36. The summed E-state index contributed by atoms with van der Waals surface area (Å²) in [7, 11) is 1.64. The normalized spacial score (nSPS) is 10.6. The van der Waals surface area contributed by atoms with Crippen molar-refractivity contribution in [3.8, 4) is 28.2 Å². The van der Waals surface area contributed by atoms with Gasteiger partial charge in [0.25, 0.3) is 0 Å². The van der Waals surface area contributed by atoms with Gasteiger partial charge in [-0.3, -0.25) is 0 Å². The summed E-state index contributed by atoms with van der Waals surface area (Å²) < 4.78 is 10.7. The molecule has 4 heteroatoms. The van der Waals surface area contributed by atoms with Gasteiger partial charge >= 0.3 is 0 Å². The van der Waals surface area contributed by atoms with Crippen molar-refractivity contribution in [2.75, 3.05) is 12.8 Å². The van der Waals surface area contributed by atoms with Crippen LogP contribution in [0, 0.1) is 6.92 Å². The minimum atomic E-state index is 0.391. The Bertz CT molecular complexity index is 778. The van der Waals surface area contributed by atoms with Crippen molar-refractivity contribution in [1.82, 2.24) is 5.16 Å². The Morgan fingerprint density at radius 2 is 1.90 bits per heavy atom. The van der Waals surface area contributed by atoms with Gasteiger partial charge in [0.15, 0.2) is 11.6 Å². The summed E-state index contributed by atoms with van der Waals surface area (Å²) in [4.78, 5) is 0. The first-order valence-corrected chi connectivity index (χ1v) is 6.66. The number of nitrogen functional groups attached to an aromatic ring is 1. The lowest BCUT2D eigenvalue weighted by Gasteiger charge is -2.07. The monoisotopic (exact) mass is 280 g/mol.